The second kappa shape index (κ2) is 11.7. The van der Waals surface area contributed by atoms with Gasteiger partial charge in [0.15, 0.2) is 0 Å². The molecule has 6 rings (SSSR count). The molecule has 3 heteroatoms. The molecular weight excluding hydrogens is 466 g/mol. The summed E-state index contributed by atoms with van der Waals surface area (Å²) in [7, 11) is 0. The molecule has 0 N–H and O–H groups in total. The summed E-state index contributed by atoms with van der Waals surface area (Å²) in [6.45, 7) is 4.74. The maximum atomic E-state index is 6.16. The van der Waals surface area contributed by atoms with Gasteiger partial charge in [0.05, 0.1) is 0 Å². The van der Waals surface area contributed by atoms with Gasteiger partial charge in [0, 0.05) is 6.54 Å². The zero-order chi connectivity index (χ0) is 25.6. The molecule has 0 spiro atoms. The first-order valence-electron chi connectivity index (χ1n) is 13.9. The van der Waals surface area contributed by atoms with Crippen molar-refractivity contribution in [1.82, 2.24) is 4.90 Å². The molecule has 0 saturated carbocycles. The Kier molecular flexibility index (Phi) is 7.55. The maximum absolute atomic E-state index is 6.16. The van der Waals surface area contributed by atoms with Crippen LogP contribution in [-0.4, -0.2) is 31.1 Å². The zero-order valence-electron chi connectivity index (χ0n) is 21.9. The molecule has 0 amide bonds. The van der Waals surface area contributed by atoms with E-state index < -0.39 is 0 Å². The van der Waals surface area contributed by atoms with E-state index in [9.17, 15) is 0 Å². The fourth-order valence-corrected chi connectivity index (χ4v) is 5.67. The minimum Gasteiger partial charge on any atom is -0.492 e. The summed E-state index contributed by atoms with van der Waals surface area (Å²) in [5.41, 5.74) is 9.06. The largest absolute Gasteiger partial charge is 0.492 e. The second-order valence-corrected chi connectivity index (χ2v) is 10.2. The SMILES string of the molecule is c1ccc(COc2ccc3c(c2)CCC(c2ccccc2)=C3c2ccc(OCCN3CCCC3)cc2)cc1. The van der Waals surface area contributed by atoms with Crippen LogP contribution in [0.25, 0.3) is 11.1 Å². The van der Waals surface area contributed by atoms with E-state index in [1.165, 1.54) is 64.9 Å². The van der Waals surface area contributed by atoms with Crippen molar-refractivity contribution in [3.8, 4) is 11.5 Å². The molecule has 4 aromatic carbocycles. The van der Waals surface area contributed by atoms with Crippen molar-refractivity contribution in [2.45, 2.75) is 32.3 Å². The van der Waals surface area contributed by atoms with E-state index in [4.69, 9.17) is 9.47 Å². The molecule has 0 bridgehead atoms. The Hall–Kier alpha value is -3.82. The molecule has 0 radical (unpaired) electrons. The van der Waals surface area contributed by atoms with Gasteiger partial charge in [-0.3, -0.25) is 4.90 Å². The van der Waals surface area contributed by atoms with Crippen molar-refractivity contribution >= 4 is 11.1 Å². The Bertz CT molecular complexity index is 1370. The summed E-state index contributed by atoms with van der Waals surface area (Å²) in [5, 5.41) is 0. The molecule has 0 unspecified atom stereocenters. The number of rotatable bonds is 9. The predicted octanol–water partition coefficient (Wildman–Crippen LogP) is 7.65. The van der Waals surface area contributed by atoms with E-state index in [0.29, 0.717) is 6.61 Å². The highest BCUT2D eigenvalue weighted by Crippen LogP contribution is 2.42. The van der Waals surface area contributed by atoms with Crippen LogP contribution in [0.15, 0.2) is 103 Å². The number of allylic oxidation sites excluding steroid dienone is 1. The minimum absolute atomic E-state index is 0.580. The van der Waals surface area contributed by atoms with Gasteiger partial charge in [0.25, 0.3) is 0 Å². The van der Waals surface area contributed by atoms with Gasteiger partial charge in [-0.15, -0.1) is 0 Å². The topological polar surface area (TPSA) is 21.7 Å². The molecule has 1 aliphatic heterocycles. The lowest BCUT2D eigenvalue weighted by Gasteiger charge is -2.25. The van der Waals surface area contributed by atoms with Gasteiger partial charge in [0.1, 0.15) is 24.7 Å². The lowest BCUT2D eigenvalue weighted by molar-refractivity contribution is 0.238. The van der Waals surface area contributed by atoms with Gasteiger partial charge in [-0.2, -0.15) is 0 Å². The molecule has 0 atom stereocenters. The first kappa shape index (κ1) is 24.5. The van der Waals surface area contributed by atoms with Crippen molar-refractivity contribution in [3.63, 3.8) is 0 Å². The average Bonchev–Trinajstić information content (AvgIpc) is 3.50. The number of hydrogen-bond acceptors (Lipinski definition) is 3. The summed E-state index contributed by atoms with van der Waals surface area (Å²) >= 11 is 0. The van der Waals surface area contributed by atoms with Crippen LogP contribution in [0, 0.1) is 0 Å². The molecule has 1 heterocycles. The number of likely N-dealkylation sites (tertiary alicyclic amines) is 1. The Balaban J connectivity index is 1.26. The number of ether oxygens (including phenoxy) is 2. The Morgan fingerprint density at radius 1 is 0.632 bits per heavy atom. The van der Waals surface area contributed by atoms with Gasteiger partial charge < -0.3 is 9.47 Å². The number of aryl methyl sites for hydroxylation is 1. The quantitative estimate of drug-likeness (QED) is 0.235. The van der Waals surface area contributed by atoms with Gasteiger partial charge >= 0.3 is 0 Å². The normalized spacial score (nSPS) is 15.4. The van der Waals surface area contributed by atoms with E-state index in [1.807, 2.05) is 6.07 Å². The third-order valence-corrected chi connectivity index (χ3v) is 7.68. The highest BCUT2D eigenvalue weighted by molar-refractivity contribution is 6.00. The van der Waals surface area contributed by atoms with E-state index in [0.717, 1.165) is 37.5 Å². The molecule has 2 aliphatic rings. The van der Waals surface area contributed by atoms with Crippen LogP contribution < -0.4 is 9.47 Å². The van der Waals surface area contributed by atoms with Crippen LogP contribution in [-0.2, 0) is 13.0 Å². The van der Waals surface area contributed by atoms with Crippen molar-refractivity contribution in [2.24, 2.45) is 0 Å². The van der Waals surface area contributed by atoms with Gasteiger partial charge in [-0.25, -0.2) is 0 Å². The number of hydrogen-bond donors (Lipinski definition) is 0. The molecule has 1 fully saturated rings. The molecular formula is C35H35NO2. The van der Waals surface area contributed by atoms with Crippen molar-refractivity contribution in [2.75, 3.05) is 26.2 Å². The average molecular weight is 502 g/mol. The molecule has 192 valence electrons. The third-order valence-electron chi connectivity index (χ3n) is 7.68. The van der Waals surface area contributed by atoms with Gasteiger partial charge in [-0.05, 0) is 102 Å². The molecule has 3 nitrogen and oxygen atoms in total. The highest BCUT2D eigenvalue weighted by Gasteiger charge is 2.22. The smallest absolute Gasteiger partial charge is 0.120 e. The standard InChI is InChI=1S/C35H35NO2/c1-3-9-27(10-4-1)26-38-32-18-20-34-30(25-32)15-19-33(28-11-5-2-6-12-28)35(34)29-13-16-31(17-14-29)37-24-23-36-21-7-8-22-36/h1-6,9-14,16-18,20,25H,7-8,15,19,21-24,26H2. The molecule has 0 aromatic heterocycles. The Morgan fingerprint density at radius 2 is 1.34 bits per heavy atom. The summed E-state index contributed by atoms with van der Waals surface area (Å²) in [6, 6.07) is 36.4. The van der Waals surface area contributed by atoms with Crippen LogP contribution >= 0.6 is 0 Å². The lowest BCUT2D eigenvalue weighted by Crippen LogP contribution is -2.25. The van der Waals surface area contributed by atoms with Crippen LogP contribution in [0.1, 0.15) is 47.1 Å². The second-order valence-electron chi connectivity index (χ2n) is 10.2. The molecule has 1 aliphatic carbocycles. The van der Waals surface area contributed by atoms with Gasteiger partial charge in [0.2, 0.25) is 0 Å². The number of fused-ring (bicyclic) bond motifs is 1. The molecule has 4 aromatic rings. The summed E-state index contributed by atoms with van der Waals surface area (Å²) < 4.78 is 12.3. The summed E-state index contributed by atoms with van der Waals surface area (Å²) in [6.07, 6.45) is 4.64. The first-order chi connectivity index (χ1) is 18.8. The zero-order valence-corrected chi connectivity index (χ0v) is 21.9. The number of benzene rings is 4. The summed E-state index contributed by atoms with van der Waals surface area (Å²) in [4.78, 5) is 2.49. The van der Waals surface area contributed by atoms with Gasteiger partial charge in [-0.1, -0.05) is 78.9 Å². The monoisotopic (exact) mass is 501 g/mol. The number of nitrogens with zero attached hydrogens (tertiary/aromatic N) is 1. The van der Waals surface area contributed by atoms with Crippen LogP contribution in [0.4, 0.5) is 0 Å². The predicted molar refractivity (Wildman–Crippen MR) is 156 cm³/mol. The maximum Gasteiger partial charge on any atom is 0.120 e. The van der Waals surface area contributed by atoms with Crippen molar-refractivity contribution < 1.29 is 9.47 Å². The highest BCUT2D eigenvalue weighted by atomic mass is 16.5. The Labute approximate surface area is 226 Å². The van der Waals surface area contributed by atoms with E-state index >= 15 is 0 Å². The van der Waals surface area contributed by atoms with Crippen LogP contribution in [0.2, 0.25) is 0 Å². The first-order valence-corrected chi connectivity index (χ1v) is 13.9. The van der Waals surface area contributed by atoms with Crippen molar-refractivity contribution in [3.05, 3.63) is 131 Å². The van der Waals surface area contributed by atoms with E-state index in [2.05, 4.69) is 102 Å². The molecule has 38 heavy (non-hydrogen) atoms. The fraction of sp³-hybridized carbons (Fsp3) is 0.257. The molecule has 1 saturated heterocycles. The fourth-order valence-electron chi connectivity index (χ4n) is 5.67. The minimum atomic E-state index is 0.580. The van der Waals surface area contributed by atoms with Crippen LogP contribution in [0.3, 0.4) is 0 Å². The lowest BCUT2D eigenvalue weighted by atomic mass is 9.79. The van der Waals surface area contributed by atoms with E-state index in [-0.39, 0.29) is 0 Å². The van der Waals surface area contributed by atoms with E-state index in [1.54, 1.807) is 0 Å². The van der Waals surface area contributed by atoms with Crippen molar-refractivity contribution in [1.29, 1.82) is 0 Å². The third kappa shape index (κ3) is 5.69. The Morgan fingerprint density at radius 3 is 2.11 bits per heavy atom. The summed E-state index contributed by atoms with van der Waals surface area (Å²) in [5.74, 6) is 1.87. The van der Waals surface area contributed by atoms with Crippen LogP contribution in [0.5, 0.6) is 11.5 Å².